The third-order valence-electron chi connectivity index (χ3n) is 2.97. The van der Waals surface area contributed by atoms with Crippen molar-refractivity contribution in [1.29, 1.82) is 0 Å². The van der Waals surface area contributed by atoms with Crippen LogP contribution in [0, 0.1) is 0 Å². The molecule has 0 heterocycles. The van der Waals surface area contributed by atoms with Gasteiger partial charge >= 0.3 is 0 Å². The Morgan fingerprint density at radius 3 is 2.13 bits per heavy atom. The quantitative estimate of drug-likeness (QED) is 0.471. The Kier molecular flexibility index (Phi) is 4.24. The molecule has 0 spiro atoms. The minimum absolute atomic E-state index is 0.00470. The highest BCUT2D eigenvalue weighted by molar-refractivity contribution is 7.90. The molecule has 0 unspecified atom stereocenters. The Bertz CT molecular complexity index is 969. The van der Waals surface area contributed by atoms with E-state index in [1.807, 2.05) is 0 Å². The van der Waals surface area contributed by atoms with Crippen molar-refractivity contribution < 1.29 is 21.4 Å². The number of nitrogens with one attached hydrogen (secondary N) is 1. The van der Waals surface area contributed by atoms with Crippen molar-refractivity contribution in [2.75, 3.05) is 23.0 Å². The van der Waals surface area contributed by atoms with Gasteiger partial charge in [0.25, 0.3) is 10.1 Å². The first kappa shape index (κ1) is 17.1. The summed E-state index contributed by atoms with van der Waals surface area (Å²) < 4.78 is 54.9. The van der Waals surface area contributed by atoms with Crippen LogP contribution in [0.15, 0.2) is 46.2 Å². The van der Waals surface area contributed by atoms with Crippen LogP contribution in [-0.2, 0) is 20.0 Å². The van der Waals surface area contributed by atoms with Gasteiger partial charge < -0.3 is 16.8 Å². The number of anilines is 4. The summed E-state index contributed by atoms with van der Waals surface area (Å²) in [7, 11) is -7.95. The van der Waals surface area contributed by atoms with Crippen molar-refractivity contribution in [3.63, 3.8) is 0 Å². The SMILES string of the molecule is CS(=O)(=O)c1cc(N)ccc1Nc1ccc(S(=O)(=O)O)c(N)c1. The highest BCUT2D eigenvalue weighted by atomic mass is 32.2. The summed E-state index contributed by atoms with van der Waals surface area (Å²) in [6, 6.07) is 8.05. The topological polar surface area (TPSA) is 153 Å². The van der Waals surface area contributed by atoms with Crippen molar-refractivity contribution in [3.05, 3.63) is 36.4 Å². The van der Waals surface area contributed by atoms with Crippen LogP contribution in [0.3, 0.4) is 0 Å². The summed E-state index contributed by atoms with van der Waals surface area (Å²) in [5.74, 6) is 0. The number of hydrogen-bond acceptors (Lipinski definition) is 7. The van der Waals surface area contributed by atoms with Crippen LogP contribution in [0.25, 0.3) is 0 Å². The molecule has 0 aliphatic heterocycles. The lowest BCUT2D eigenvalue weighted by molar-refractivity contribution is 0.483. The Balaban J connectivity index is 2.47. The zero-order valence-corrected chi connectivity index (χ0v) is 13.6. The van der Waals surface area contributed by atoms with E-state index in [2.05, 4.69) is 5.32 Å². The molecule has 0 saturated heterocycles. The molecule has 0 fully saturated rings. The predicted octanol–water partition coefficient (Wildman–Crippen LogP) is 1.24. The molecule has 0 amide bonds. The van der Waals surface area contributed by atoms with Crippen molar-refractivity contribution in [2.24, 2.45) is 0 Å². The second kappa shape index (κ2) is 5.72. The van der Waals surface area contributed by atoms with Gasteiger partial charge in [-0.3, -0.25) is 4.55 Å². The number of benzene rings is 2. The summed E-state index contributed by atoms with van der Waals surface area (Å²) in [6.07, 6.45) is 1.04. The minimum Gasteiger partial charge on any atom is -0.399 e. The lowest BCUT2D eigenvalue weighted by atomic mass is 10.2. The first-order valence-corrected chi connectivity index (χ1v) is 9.55. The fraction of sp³-hybridized carbons (Fsp3) is 0.0769. The number of nitrogen functional groups attached to an aromatic ring is 2. The maximum Gasteiger partial charge on any atom is 0.296 e. The average Bonchev–Trinajstić information content (AvgIpc) is 2.38. The van der Waals surface area contributed by atoms with Crippen molar-refractivity contribution in [3.8, 4) is 0 Å². The molecule has 2 rings (SSSR count). The zero-order chi connectivity index (χ0) is 17.4. The zero-order valence-electron chi connectivity index (χ0n) is 12.0. The summed E-state index contributed by atoms with van der Waals surface area (Å²) in [6.45, 7) is 0. The molecule has 0 atom stereocenters. The Morgan fingerprint density at radius 2 is 1.61 bits per heavy atom. The summed E-state index contributed by atoms with van der Waals surface area (Å²) in [5, 5.41) is 2.83. The Hall–Kier alpha value is -2.30. The van der Waals surface area contributed by atoms with Crippen LogP contribution in [-0.4, -0.2) is 27.6 Å². The maximum atomic E-state index is 11.8. The predicted molar refractivity (Wildman–Crippen MR) is 87.9 cm³/mol. The molecule has 0 aromatic heterocycles. The van der Waals surface area contributed by atoms with Gasteiger partial charge in [-0.25, -0.2) is 8.42 Å². The maximum absolute atomic E-state index is 11.8. The second-order valence-corrected chi connectivity index (χ2v) is 8.25. The third kappa shape index (κ3) is 3.92. The van der Waals surface area contributed by atoms with Gasteiger partial charge in [-0.15, -0.1) is 0 Å². The van der Waals surface area contributed by atoms with E-state index in [9.17, 15) is 16.8 Å². The molecule has 0 aliphatic rings. The third-order valence-corrected chi connectivity index (χ3v) is 5.04. The molecule has 124 valence electrons. The minimum atomic E-state index is -4.43. The van der Waals surface area contributed by atoms with Crippen LogP contribution in [0.1, 0.15) is 0 Å². The molecule has 0 radical (unpaired) electrons. The van der Waals surface area contributed by atoms with Gasteiger partial charge in [0.2, 0.25) is 0 Å². The van der Waals surface area contributed by atoms with Gasteiger partial charge in [-0.05, 0) is 36.4 Å². The smallest absolute Gasteiger partial charge is 0.296 e. The fourth-order valence-electron chi connectivity index (χ4n) is 1.97. The van der Waals surface area contributed by atoms with E-state index in [-0.39, 0.29) is 22.0 Å². The lowest BCUT2D eigenvalue weighted by Gasteiger charge is -2.13. The molecular formula is C13H15N3O5S2. The molecule has 0 saturated carbocycles. The molecule has 0 bridgehead atoms. The van der Waals surface area contributed by atoms with Gasteiger partial charge in [-0.2, -0.15) is 8.42 Å². The molecule has 23 heavy (non-hydrogen) atoms. The van der Waals surface area contributed by atoms with Gasteiger partial charge in [0, 0.05) is 17.6 Å². The number of nitrogens with two attached hydrogens (primary N) is 2. The van der Waals surface area contributed by atoms with E-state index in [0.717, 1.165) is 12.3 Å². The van der Waals surface area contributed by atoms with Crippen LogP contribution >= 0.6 is 0 Å². The van der Waals surface area contributed by atoms with Gasteiger partial charge in [0.15, 0.2) is 9.84 Å². The van der Waals surface area contributed by atoms with Crippen LogP contribution < -0.4 is 16.8 Å². The number of hydrogen-bond donors (Lipinski definition) is 4. The van der Waals surface area contributed by atoms with Crippen molar-refractivity contribution in [1.82, 2.24) is 0 Å². The fourth-order valence-corrected chi connectivity index (χ4v) is 3.43. The molecule has 8 nitrogen and oxygen atoms in total. The molecule has 6 N–H and O–H groups in total. The Morgan fingerprint density at radius 1 is 0.957 bits per heavy atom. The molecular weight excluding hydrogens is 342 g/mol. The highest BCUT2D eigenvalue weighted by Gasteiger charge is 2.16. The van der Waals surface area contributed by atoms with Gasteiger partial charge in [0.1, 0.15) is 4.90 Å². The summed E-state index contributed by atoms with van der Waals surface area (Å²) in [4.78, 5) is -0.432. The van der Waals surface area contributed by atoms with E-state index in [1.54, 1.807) is 0 Å². The molecule has 0 aliphatic carbocycles. The molecule has 2 aromatic rings. The van der Waals surface area contributed by atoms with Gasteiger partial charge in [0.05, 0.1) is 16.3 Å². The van der Waals surface area contributed by atoms with Crippen LogP contribution in [0.4, 0.5) is 22.7 Å². The first-order chi connectivity index (χ1) is 10.5. The van der Waals surface area contributed by atoms with E-state index < -0.39 is 24.9 Å². The van der Waals surface area contributed by atoms with E-state index in [0.29, 0.717) is 5.69 Å². The van der Waals surface area contributed by atoms with E-state index in [4.69, 9.17) is 16.0 Å². The highest BCUT2D eigenvalue weighted by Crippen LogP contribution is 2.29. The van der Waals surface area contributed by atoms with Crippen molar-refractivity contribution in [2.45, 2.75) is 9.79 Å². The first-order valence-electron chi connectivity index (χ1n) is 6.22. The number of rotatable bonds is 4. The van der Waals surface area contributed by atoms with Crippen LogP contribution in [0.5, 0.6) is 0 Å². The van der Waals surface area contributed by atoms with Crippen LogP contribution in [0.2, 0.25) is 0 Å². The average molecular weight is 357 g/mol. The normalized spacial score (nSPS) is 12.1. The van der Waals surface area contributed by atoms with E-state index in [1.165, 1.54) is 30.3 Å². The monoisotopic (exact) mass is 357 g/mol. The van der Waals surface area contributed by atoms with Crippen molar-refractivity contribution >= 4 is 42.7 Å². The summed E-state index contributed by atoms with van der Waals surface area (Å²) >= 11 is 0. The molecule has 2 aromatic carbocycles. The number of sulfone groups is 1. The summed E-state index contributed by atoms with van der Waals surface area (Å²) in [5.41, 5.74) is 11.9. The second-order valence-electron chi connectivity index (χ2n) is 4.88. The van der Waals surface area contributed by atoms with Gasteiger partial charge in [-0.1, -0.05) is 0 Å². The lowest BCUT2D eigenvalue weighted by Crippen LogP contribution is -2.06. The largest absolute Gasteiger partial charge is 0.399 e. The van der Waals surface area contributed by atoms with E-state index >= 15 is 0 Å². The standard InChI is InChI=1S/C13H15N3O5S2/c1-22(17,18)13-6-8(14)2-4-11(13)16-9-3-5-12(10(15)7-9)23(19,20)21/h2-7,16H,14-15H2,1H3,(H,19,20,21). The Labute approximate surface area is 133 Å². The molecule has 10 heteroatoms.